The molecule has 90 valence electrons. The van der Waals surface area contributed by atoms with Gasteiger partial charge in [-0.3, -0.25) is 9.69 Å². The van der Waals surface area contributed by atoms with Crippen LogP contribution in [0.15, 0.2) is 17.5 Å². The fraction of sp³-hybridized carbons (Fsp3) is 0.583. The van der Waals surface area contributed by atoms with Crippen LogP contribution in [0, 0.1) is 0 Å². The lowest BCUT2D eigenvalue weighted by molar-refractivity contribution is -0.122. The zero-order valence-electron chi connectivity index (χ0n) is 10.0. The van der Waals surface area contributed by atoms with Crippen molar-refractivity contribution in [1.82, 2.24) is 10.2 Å². The van der Waals surface area contributed by atoms with Crippen molar-refractivity contribution >= 4 is 17.2 Å². The third-order valence-electron chi connectivity index (χ3n) is 2.27. The van der Waals surface area contributed by atoms with Gasteiger partial charge in [-0.2, -0.15) is 0 Å². The Balaban J connectivity index is 2.18. The van der Waals surface area contributed by atoms with Crippen LogP contribution < -0.4 is 5.32 Å². The number of hydrogen-bond donors (Lipinski definition) is 1. The summed E-state index contributed by atoms with van der Waals surface area (Å²) in [6, 6.07) is 4.13. The molecule has 0 saturated carbocycles. The average molecular weight is 240 g/mol. The fourth-order valence-corrected chi connectivity index (χ4v) is 2.21. The van der Waals surface area contributed by atoms with E-state index in [4.69, 9.17) is 0 Å². The lowest BCUT2D eigenvalue weighted by Crippen LogP contribution is -2.35. The topological polar surface area (TPSA) is 32.3 Å². The van der Waals surface area contributed by atoms with Gasteiger partial charge < -0.3 is 5.32 Å². The minimum atomic E-state index is 0.118. The summed E-state index contributed by atoms with van der Waals surface area (Å²) in [5.74, 6) is 0.118. The summed E-state index contributed by atoms with van der Waals surface area (Å²) in [5.41, 5.74) is 0. The molecular formula is C12H20N2OS. The van der Waals surface area contributed by atoms with Gasteiger partial charge in [-0.25, -0.2) is 0 Å². The smallest absolute Gasteiger partial charge is 0.234 e. The zero-order valence-corrected chi connectivity index (χ0v) is 10.8. The van der Waals surface area contributed by atoms with Crippen LogP contribution in [-0.2, 0) is 11.3 Å². The number of carbonyl (C=O) groups excluding carboxylic acids is 1. The highest BCUT2D eigenvalue weighted by Crippen LogP contribution is 2.10. The van der Waals surface area contributed by atoms with E-state index in [9.17, 15) is 4.79 Å². The van der Waals surface area contributed by atoms with Gasteiger partial charge in [-0.15, -0.1) is 11.3 Å². The number of nitrogens with zero attached hydrogens (tertiary/aromatic N) is 1. The molecule has 16 heavy (non-hydrogen) atoms. The van der Waals surface area contributed by atoms with Crippen molar-refractivity contribution in [3.63, 3.8) is 0 Å². The second kappa shape index (κ2) is 7.41. The Bertz CT molecular complexity index is 298. The van der Waals surface area contributed by atoms with Gasteiger partial charge in [0.05, 0.1) is 6.54 Å². The molecule has 0 saturated heterocycles. The van der Waals surface area contributed by atoms with E-state index in [0.717, 1.165) is 25.9 Å². The number of thiophene rings is 1. The molecule has 1 heterocycles. The van der Waals surface area contributed by atoms with Crippen LogP contribution in [0.3, 0.4) is 0 Å². The van der Waals surface area contributed by atoms with Crippen LogP contribution >= 0.6 is 11.3 Å². The lowest BCUT2D eigenvalue weighted by Gasteiger charge is -2.15. The van der Waals surface area contributed by atoms with Crippen molar-refractivity contribution in [2.45, 2.75) is 26.3 Å². The van der Waals surface area contributed by atoms with Gasteiger partial charge in [0, 0.05) is 18.0 Å². The summed E-state index contributed by atoms with van der Waals surface area (Å²) in [4.78, 5) is 14.8. The summed E-state index contributed by atoms with van der Waals surface area (Å²) >= 11 is 1.73. The second-order valence-corrected chi connectivity index (χ2v) is 4.99. The SMILES string of the molecule is CCCCNC(=O)CN(C)Cc1cccs1. The summed E-state index contributed by atoms with van der Waals surface area (Å²) in [6.45, 7) is 4.23. The van der Waals surface area contributed by atoms with Gasteiger partial charge >= 0.3 is 0 Å². The summed E-state index contributed by atoms with van der Waals surface area (Å²) in [6.07, 6.45) is 2.17. The molecule has 3 nitrogen and oxygen atoms in total. The first-order chi connectivity index (χ1) is 7.72. The summed E-state index contributed by atoms with van der Waals surface area (Å²) in [7, 11) is 1.97. The number of rotatable bonds is 7. The zero-order chi connectivity index (χ0) is 11.8. The minimum absolute atomic E-state index is 0.118. The highest BCUT2D eigenvalue weighted by atomic mass is 32.1. The van der Waals surface area contributed by atoms with Crippen LogP contribution in [0.25, 0.3) is 0 Å². The number of likely N-dealkylation sites (N-methyl/N-ethyl adjacent to an activating group) is 1. The first-order valence-corrected chi connectivity index (χ1v) is 6.58. The molecule has 0 fully saturated rings. The Labute approximate surface area is 101 Å². The molecule has 4 heteroatoms. The molecule has 0 spiro atoms. The van der Waals surface area contributed by atoms with Crippen LogP contribution in [0.2, 0.25) is 0 Å². The van der Waals surface area contributed by atoms with Crippen LogP contribution in [0.5, 0.6) is 0 Å². The standard InChI is InChI=1S/C12H20N2OS/c1-3-4-7-13-12(15)10-14(2)9-11-6-5-8-16-11/h5-6,8H,3-4,7,9-10H2,1-2H3,(H,13,15). The van der Waals surface area contributed by atoms with Gasteiger partial charge in [0.2, 0.25) is 5.91 Å². The monoisotopic (exact) mass is 240 g/mol. The Hall–Kier alpha value is -0.870. The lowest BCUT2D eigenvalue weighted by atomic mass is 10.3. The molecule has 0 aliphatic heterocycles. The molecule has 0 aliphatic rings. The first-order valence-electron chi connectivity index (χ1n) is 5.70. The maximum Gasteiger partial charge on any atom is 0.234 e. The van der Waals surface area contributed by atoms with Crippen molar-refractivity contribution < 1.29 is 4.79 Å². The van der Waals surface area contributed by atoms with Crippen LogP contribution in [0.4, 0.5) is 0 Å². The Kier molecular flexibility index (Phi) is 6.11. The molecule has 1 amide bonds. The van der Waals surface area contributed by atoms with Crippen LogP contribution in [-0.4, -0.2) is 30.9 Å². The molecule has 1 N–H and O–H groups in total. The van der Waals surface area contributed by atoms with E-state index in [2.05, 4.69) is 23.7 Å². The molecule has 0 radical (unpaired) electrons. The predicted molar refractivity (Wildman–Crippen MR) is 68.6 cm³/mol. The van der Waals surface area contributed by atoms with Gasteiger partial charge in [-0.1, -0.05) is 19.4 Å². The van der Waals surface area contributed by atoms with Gasteiger partial charge in [-0.05, 0) is 24.9 Å². The maximum absolute atomic E-state index is 11.5. The fourth-order valence-electron chi connectivity index (χ4n) is 1.43. The van der Waals surface area contributed by atoms with Crippen molar-refractivity contribution in [3.8, 4) is 0 Å². The molecular weight excluding hydrogens is 220 g/mol. The third kappa shape index (κ3) is 5.28. The summed E-state index contributed by atoms with van der Waals surface area (Å²) in [5, 5.41) is 4.98. The minimum Gasteiger partial charge on any atom is -0.355 e. The van der Waals surface area contributed by atoms with E-state index in [1.165, 1.54) is 4.88 Å². The molecule has 1 aromatic heterocycles. The number of carbonyl (C=O) groups is 1. The van der Waals surface area contributed by atoms with Gasteiger partial charge in [0.15, 0.2) is 0 Å². The second-order valence-electron chi connectivity index (χ2n) is 3.96. The van der Waals surface area contributed by atoms with E-state index < -0.39 is 0 Å². The number of hydrogen-bond acceptors (Lipinski definition) is 3. The maximum atomic E-state index is 11.5. The van der Waals surface area contributed by atoms with Crippen molar-refractivity contribution in [2.75, 3.05) is 20.1 Å². The molecule has 0 aliphatic carbocycles. The largest absolute Gasteiger partial charge is 0.355 e. The number of amides is 1. The predicted octanol–water partition coefficient (Wildman–Crippen LogP) is 2.10. The molecule has 1 aromatic rings. The number of nitrogens with one attached hydrogen (secondary N) is 1. The van der Waals surface area contributed by atoms with E-state index in [0.29, 0.717) is 6.54 Å². The van der Waals surface area contributed by atoms with Crippen molar-refractivity contribution in [2.24, 2.45) is 0 Å². The molecule has 1 rings (SSSR count). The van der Waals surface area contributed by atoms with E-state index in [-0.39, 0.29) is 5.91 Å². The first kappa shape index (κ1) is 13.2. The van der Waals surface area contributed by atoms with Gasteiger partial charge in [0.1, 0.15) is 0 Å². The highest BCUT2D eigenvalue weighted by molar-refractivity contribution is 7.09. The third-order valence-corrected chi connectivity index (χ3v) is 3.13. The molecule has 0 bridgehead atoms. The van der Waals surface area contributed by atoms with Gasteiger partial charge in [0.25, 0.3) is 0 Å². The van der Waals surface area contributed by atoms with E-state index >= 15 is 0 Å². The van der Waals surface area contributed by atoms with Crippen molar-refractivity contribution in [1.29, 1.82) is 0 Å². The average Bonchev–Trinajstić information content (AvgIpc) is 2.70. The Morgan fingerprint density at radius 3 is 3.00 bits per heavy atom. The molecule has 0 aromatic carbocycles. The van der Waals surface area contributed by atoms with Crippen LogP contribution in [0.1, 0.15) is 24.6 Å². The normalized spacial score (nSPS) is 10.7. The molecule has 0 unspecified atom stereocenters. The highest BCUT2D eigenvalue weighted by Gasteiger charge is 2.06. The van der Waals surface area contributed by atoms with Crippen molar-refractivity contribution in [3.05, 3.63) is 22.4 Å². The van der Waals surface area contributed by atoms with E-state index in [1.54, 1.807) is 11.3 Å². The van der Waals surface area contributed by atoms with E-state index in [1.807, 2.05) is 18.0 Å². The Morgan fingerprint density at radius 2 is 2.38 bits per heavy atom. The quantitative estimate of drug-likeness (QED) is 0.740. The summed E-state index contributed by atoms with van der Waals surface area (Å²) < 4.78 is 0. The molecule has 0 atom stereocenters. The Morgan fingerprint density at radius 1 is 1.56 bits per heavy atom. The number of unbranched alkanes of at least 4 members (excludes halogenated alkanes) is 1.